The monoisotopic (exact) mass is 187 g/mol. The average molecular weight is 187 g/mol. The summed E-state index contributed by atoms with van der Waals surface area (Å²) in [7, 11) is 0. The SMILES string of the molecule is Cc1ccc([C@]23CC2COC3=N)cc1. The summed E-state index contributed by atoms with van der Waals surface area (Å²) in [5.41, 5.74) is 2.50. The Labute approximate surface area is 83.4 Å². The van der Waals surface area contributed by atoms with E-state index in [-0.39, 0.29) is 5.41 Å². The fourth-order valence-electron chi connectivity index (χ4n) is 2.46. The minimum atomic E-state index is -0.0340. The van der Waals surface area contributed by atoms with Gasteiger partial charge in [-0.05, 0) is 18.9 Å². The van der Waals surface area contributed by atoms with E-state index in [4.69, 9.17) is 10.1 Å². The van der Waals surface area contributed by atoms with Crippen LogP contribution in [-0.2, 0) is 10.2 Å². The summed E-state index contributed by atoms with van der Waals surface area (Å²) in [5.74, 6) is 1.05. The van der Waals surface area contributed by atoms with E-state index < -0.39 is 0 Å². The predicted molar refractivity (Wildman–Crippen MR) is 54.6 cm³/mol. The first-order valence-electron chi connectivity index (χ1n) is 5.02. The Morgan fingerprint density at radius 3 is 2.57 bits per heavy atom. The van der Waals surface area contributed by atoms with Gasteiger partial charge in [-0.3, -0.25) is 5.41 Å². The van der Waals surface area contributed by atoms with E-state index in [1.807, 2.05) is 0 Å². The third-order valence-electron chi connectivity index (χ3n) is 3.51. The second-order valence-corrected chi connectivity index (χ2v) is 4.38. The minimum Gasteiger partial charge on any atom is -0.480 e. The summed E-state index contributed by atoms with van der Waals surface area (Å²) >= 11 is 0. The van der Waals surface area contributed by atoms with Gasteiger partial charge >= 0.3 is 0 Å². The Balaban J connectivity index is 2.04. The molecule has 1 saturated heterocycles. The van der Waals surface area contributed by atoms with Crippen molar-refractivity contribution in [2.75, 3.05) is 6.61 Å². The molecule has 2 fully saturated rings. The molecule has 0 spiro atoms. The highest BCUT2D eigenvalue weighted by Gasteiger charge is 2.64. The second kappa shape index (κ2) is 2.38. The van der Waals surface area contributed by atoms with Crippen LogP contribution in [0.2, 0.25) is 0 Å². The van der Waals surface area contributed by atoms with E-state index in [0.717, 1.165) is 13.0 Å². The summed E-state index contributed by atoms with van der Waals surface area (Å²) in [4.78, 5) is 0. The van der Waals surface area contributed by atoms with Crippen LogP contribution in [0.3, 0.4) is 0 Å². The molecule has 1 aromatic rings. The lowest BCUT2D eigenvalue weighted by atomic mass is 9.94. The zero-order valence-corrected chi connectivity index (χ0v) is 8.21. The number of benzene rings is 1. The molecule has 1 heterocycles. The molecule has 1 aromatic carbocycles. The molecule has 1 N–H and O–H groups in total. The molecule has 0 amide bonds. The van der Waals surface area contributed by atoms with Gasteiger partial charge in [0.1, 0.15) is 0 Å². The maximum atomic E-state index is 7.81. The van der Waals surface area contributed by atoms with Crippen molar-refractivity contribution in [1.29, 1.82) is 5.41 Å². The van der Waals surface area contributed by atoms with Crippen LogP contribution < -0.4 is 0 Å². The second-order valence-electron chi connectivity index (χ2n) is 4.38. The van der Waals surface area contributed by atoms with E-state index >= 15 is 0 Å². The van der Waals surface area contributed by atoms with Gasteiger partial charge in [-0.15, -0.1) is 0 Å². The molecule has 1 unspecified atom stereocenters. The third kappa shape index (κ3) is 0.834. The molecule has 14 heavy (non-hydrogen) atoms. The molecule has 0 bridgehead atoms. The number of aryl methyl sites for hydroxylation is 1. The van der Waals surface area contributed by atoms with Gasteiger partial charge in [0.2, 0.25) is 0 Å². The number of rotatable bonds is 1. The molecule has 0 aromatic heterocycles. The number of hydrogen-bond acceptors (Lipinski definition) is 2. The molecule has 2 heteroatoms. The molecule has 1 aliphatic heterocycles. The van der Waals surface area contributed by atoms with Crippen LogP contribution in [0.4, 0.5) is 0 Å². The number of hydrogen-bond donors (Lipinski definition) is 1. The van der Waals surface area contributed by atoms with Gasteiger partial charge in [0.25, 0.3) is 0 Å². The van der Waals surface area contributed by atoms with Crippen LogP contribution in [0.25, 0.3) is 0 Å². The van der Waals surface area contributed by atoms with Gasteiger partial charge in [-0.2, -0.15) is 0 Å². The van der Waals surface area contributed by atoms with Gasteiger partial charge in [0, 0.05) is 5.92 Å². The summed E-state index contributed by atoms with van der Waals surface area (Å²) in [5, 5.41) is 7.81. The minimum absolute atomic E-state index is 0.0340. The Morgan fingerprint density at radius 2 is 2.07 bits per heavy atom. The van der Waals surface area contributed by atoms with Crippen molar-refractivity contribution < 1.29 is 4.74 Å². The molecule has 1 aliphatic carbocycles. The standard InChI is InChI=1S/C12H13NO/c1-8-2-4-9(5-3-8)12-6-10(12)7-14-11(12)13/h2-5,10,13H,6-7H2,1H3/t10?,12-/m1/s1. The van der Waals surface area contributed by atoms with Crippen molar-refractivity contribution in [2.24, 2.45) is 5.92 Å². The Bertz CT molecular complexity index is 395. The Morgan fingerprint density at radius 1 is 1.36 bits per heavy atom. The predicted octanol–water partition coefficient (Wildman–Crippen LogP) is 2.26. The van der Waals surface area contributed by atoms with Gasteiger partial charge in [-0.1, -0.05) is 29.8 Å². The molecule has 2 aliphatic rings. The van der Waals surface area contributed by atoms with Crippen LogP contribution >= 0.6 is 0 Å². The molecule has 72 valence electrons. The smallest absolute Gasteiger partial charge is 0.191 e. The topological polar surface area (TPSA) is 33.1 Å². The van der Waals surface area contributed by atoms with E-state index in [2.05, 4.69) is 31.2 Å². The lowest BCUT2D eigenvalue weighted by Gasteiger charge is -2.12. The molecular weight excluding hydrogens is 174 g/mol. The first kappa shape index (κ1) is 8.04. The van der Waals surface area contributed by atoms with E-state index in [0.29, 0.717) is 11.8 Å². The number of fused-ring (bicyclic) bond motifs is 1. The normalized spacial score (nSPS) is 33.8. The van der Waals surface area contributed by atoms with E-state index in [9.17, 15) is 0 Å². The summed E-state index contributed by atoms with van der Waals surface area (Å²) in [6.45, 7) is 2.83. The van der Waals surface area contributed by atoms with Crippen molar-refractivity contribution in [1.82, 2.24) is 0 Å². The Hall–Kier alpha value is -1.31. The summed E-state index contributed by atoms with van der Waals surface area (Å²) < 4.78 is 5.29. The fourth-order valence-corrected chi connectivity index (χ4v) is 2.46. The molecular formula is C12H13NO. The van der Waals surface area contributed by atoms with Gasteiger partial charge < -0.3 is 4.74 Å². The average Bonchev–Trinajstić information content (AvgIpc) is 2.84. The quantitative estimate of drug-likeness (QED) is 0.718. The van der Waals surface area contributed by atoms with Crippen LogP contribution in [0.1, 0.15) is 17.5 Å². The molecule has 3 rings (SSSR count). The van der Waals surface area contributed by atoms with Crippen LogP contribution in [0, 0.1) is 18.3 Å². The largest absolute Gasteiger partial charge is 0.480 e. The van der Waals surface area contributed by atoms with Crippen molar-refractivity contribution >= 4 is 5.90 Å². The number of nitrogens with one attached hydrogen (secondary N) is 1. The summed E-state index contributed by atoms with van der Waals surface area (Å²) in [6.07, 6.45) is 1.11. The first-order valence-corrected chi connectivity index (χ1v) is 5.02. The van der Waals surface area contributed by atoms with E-state index in [1.165, 1.54) is 11.1 Å². The maximum absolute atomic E-state index is 7.81. The Kier molecular flexibility index (Phi) is 1.37. The highest BCUT2D eigenvalue weighted by atomic mass is 16.5. The molecule has 0 radical (unpaired) electrons. The molecule has 2 atom stereocenters. The lowest BCUT2D eigenvalue weighted by molar-refractivity contribution is 0.310. The lowest BCUT2D eigenvalue weighted by Crippen LogP contribution is -2.17. The highest BCUT2D eigenvalue weighted by Crippen LogP contribution is 2.59. The zero-order valence-electron chi connectivity index (χ0n) is 8.21. The first-order chi connectivity index (χ1) is 6.73. The van der Waals surface area contributed by atoms with Crippen LogP contribution in [0.5, 0.6) is 0 Å². The van der Waals surface area contributed by atoms with Crippen LogP contribution in [-0.4, -0.2) is 12.5 Å². The summed E-state index contributed by atoms with van der Waals surface area (Å²) in [6, 6.07) is 8.51. The molecule has 1 saturated carbocycles. The van der Waals surface area contributed by atoms with Crippen molar-refractivity contribution in [3.63, 3.8) is 0 Å². The third-order valence-corrected chi connectivity index (χ3v) is 3.51. The van der Waals surface area contributed by atoms with Gasteiger partial charge in [-0.25, -0.2) is 0 Å². The van der Waals surface area contributed by atoms with E-state index in [1.54, 1.807) is 0 Å². The molecule has 2 nitrogen and oxygen atoms in total. The zero-order chi connectivity index (χ0) is 9.76. The fraction of sp³-hybridized carbons (Fsp3) is 0.417. The van der Waals surface area contributed by atoms with Crippen molar-refractivity contribution in [3.8, 4) is 0 Å². The van der Waals surface area contributed by atoms with Crippen LogP contribution in [0.15, 0.2) is 24.3 Å². The highest BCUT2D eigenvalue weighted by molar-refractivity contribution is 5.92. The van der Waals surface area contributed by atoms with Gasteiger partial charge in [0.15, 0.2) is 5.90 Å². The van der Waals surface area contributed by atoms with Crippen molar-refractivity contribution in [3.05, 3.63) is 35.4 Å². The van der Waals surface area contributed by atoms with Gasteiger partial charge in [0.05, 0.1) is 12.0 Å². The number of ether oxygens (including phenoxy) is 1. The maximum Gasteiger partial charge on any atom is 0.191 e. The van der Waals surface area contributed by atoms with Crippen molar-refractivity contribution in [2.45, 2.75) is 18.8 Å².